The smallest absolute Gasteiger partial charge is 0.270 e. The van der Waals surface area contributed by atoms with Crippen LogP contribution in [0.25, 0.3) is 94.2 Å². The van der Waals surface area contributed by atoms with Gasteiger partial charge in [-0.2, -0.15) is 0 Å². The summed E-state index contributed by atoms with van der Waals surface area (Å²) >= 11 is 0. The molecule has 4 aromatic heterocycles. The minimum atomic E-state index is -0.576. The third-order valence-corrected chi connectivity index (χ3v) is 14.8. The van der Waals surface area contributed by atoms with Gasteiger partial charge in [0.1, 0.15) is 34.2 Å². The molecule has 6 heteroatoms. The maximum absolute atomic E-state index is 9.24. The highest BCUT2D eigenvalue weighted by atomic mass is 16.5. The molecule has 352 valence electrons. The highest BCUT2D eigenvalue weighted by Crippen LogP contribution is 2.51. The van der Waals surface area contributed by atoms with Crippen molar-refractivity contribution in [2.45, 2.75) is 77.6 Å². The van der Waals surface area contributed by atoms with Crippen molar-refractivity contribution in [1.29, 1.82) is 0 Å². The second-order valence-corrected chi connectivity index (χ2v) is 21.3. The van der Waals surface area contributed by atoms with Crippen molar-refractivity contribution in [1.82, 2.24) is 14.1 Å². The van der Waals surface area contributed by atoms with Crippen LogP contribution in [0.3, 0.4) is 0 Å². The Morgan fingerprint density at radius 3 is 2.03 bits per heavy atom. The van der Waals surface area contributed by atoms with Crippen LogP contribution in [-0.4, -0.2) is 14.1 Å². The molecule has 0 saturated heterocycles. The molecule has 13 rings (SSSR count). The number of ether oxygens (including phenoxy) is 1. The maximum Gasteiger partial charge on any atom is 0.270 e. The lowest BCUT2D eigenvalue weighted by molar-refractivity contribution is -0.571. The van der Waals surface area contributed by atoms with Crippen molar-refractivity contribution in [3.8, 4) is 50.9 Å². The lowest BCUT2D eigenvalue weighted by atomic mass is 9.63. The Kier molecular flexibility index (Phi) is 7.67. The van der Waals surface area contributed by atoms with Gasteiger partial charge in [-0.1, -0.05) is 182 Å². The summed E-state index contributed by atoms with van der Waals surface area (Å²) in [7, 11) is 0. The zero-order chi connectivity index (χ0) is 57.8. The highest BCUT2D eigenvalue weighted by Gasteiger charge is 2.40. The zero-order valence-electron chi connectivity index (χ0n) is 51.1. The molecule has 8 aromatic carbocycles. The summed E-state index contributed by atoms with van der Waals surface area (Å²) in [5.41, 5.74) is 8.03. The number of para-hydroxylation sites is 4. The maximum atomic E-state index is 9.24. The van der Waals surface area contributed by atoms with Gasteiger partial charge in [0.25, 0.3) is 6.33 Å². The number of hydrogen-bond acceptors (Lipinski definition) is 3. The molecule has 4 heterocycles. The topological polar surface area (TPSA) is 49.0 Å². The molecule has 12 aromatic rings. The number of hydrogen-bond donors (Lipinski definition) is 0. The summed E-state index contributed by atoms with van der Waals surface area (Å²) in [5, 5.41) is 3.77. The van der Waals surface area contributed by atoms with Crippen molar-refractivity contribution in [2.24, 2.45) is 0 Å². The fourth-order valence-corrected chi connectivity index (χ4v) is 11.0. The van der Waals surface area contributed by atoms with Gasteiger partial charge in [0.05, 0.1) is 41.5 Å². The van der Waals surface area contributed by atoms with Crippen molar-refractivity contribution in [3.05, 3.63) is 211 Å². The molecule has 0 spiro atoms. The van der Waals surface area contributed by atoms with Crippen LogP contribution in [0, 0.1) is 6.33 Å². The second-order valence-electron chi connectivity index (χ2n) is 21.3. The van der Waals surface area contributed by atoms with Crippen molar-refractivity contribution in [2.75, 3.05) is 0 Å². The minimum absolute atomic E-state index is 0.119. The van der Waals surface area contributed by atoms with E-state index in [1.54, 1.807) is 22.8 Å². The van der Waals surface area contributed by atoms with Crippen LogP contribution in [0.1, 0.15) is 91.7 Å². The normalized spacial score (nSPS) is 16.4. The molecule has 0 atom stereocenters. The molecule has 72 heavy (non-hydrogen) atoms. The number of rotatable bonds is 7. The van der Waals surface area contributed by atoms with Crippen molar-refractivity contribution >= 4 is 54.8 Å². The Labute approximate surface area is 434 Å². The van der Waals surface area contributed by atoms with Crippen molar-refractivity contribution in [3.63, 3.8) is 0 Å². The van der Waals surface area contributed by atoms with Crippen LogP contribution in [0.15, 0.2) is 192 Å². The van der Waals surface area contributed by atoms with Crippen LogP contribution in [0.4, 0.5) is 0 Å². The van der Waals surface area contributed by atoms with E-state index in [1.165, 1.54) is 5.56 Å². The van der Waals surface area contributed by atoms with Gasteiger partial charge in [-0.25, -0.2) is 4.98 Å². The van der Waals surface area contributed by atoms with Gasteiger partial charge in [0, 0.05) is 39.4 Å². The second kappa shape index (κ2) is 16.2. The van der Waals surface area contributed by atoms with Gasteiger partial charge in [-0.3, -0.25) is 13.7 Å². The fraction of sp³-hybridized carbons (Fsp3) is 0.182. The quantitative estimate of drug-likeness (QED) is 0.118. The summed E-state index contributed by atoms with van der Waals surface area (Å²) in [5.74, 6) is 1.83. The molecule has 0 aliphatic heterocycles. The predicted molar refractivity (Wildman–Crippen MR) is 294 cm³/mol. The lowest BCUT2D eigenvalue weighted by Crippen LogP contribution is -2.33. The van der Waals surface area contributed by atoms with Crippen LogP contribution in [0.5, 0.6) is 11.5 Å². The first-order valence-corrected chi connectivity index (χ1v) is 24.4. The monoisotopic (exact) mass is 947 g/mol. The largest absolute Gasteiger partial charge is 0.459 e. The average molecular weight is 947 g/mol. The zero-order valence-corrected chi connectivity index (χ0v) is 41.1. The highest BCUT2D eigenvalue weighted by molar-refractivity contribution is 6.11. The van der Waals surface area contributed by atoms with E-state index in [4.69, 9.17) is 22.4 Å². The van der Waals surface area contributed by atoms with Gasteiger partial charge in [-0.15, -0.1) is 0 Å². The summed E-state index contributed by atoms with van der Waals surface area (Å²) in [6.45, 7) is 15.7. The number of fused-ring (bicyclic) bond motifs is 9. The molecular weight excluding hydrogens is 881 g/mol. The van der Waals surface area contributed by atoms with E-state index in [-0.39, 0.29) is 44.2 Å². The minimum Gasteiger partial charge on any atom is -0.459 e. The molecular formula is C66H56N4O2. The molecule has 0 radical (unpaired) electrons. The molecule has 1 aliphatic rings. The molecule has 0 amide bonds. The van der Waals surface area contributed by atoms with Crippen LogP contribution in [-0.2, 0) is 16.2 Å². The molecule has 1 aliphatic carbocycles. The Morgan fingerprint density at radius 1 is 0.625 bits per heavy atom. The van der Waals surface area contributed by atoms with Crippen molar-refractivity contribution < 1.29 is 27.4 Å². The number of benzene rings is 8. The third-order valence-electron chi connectivity index (χ3n) is 14.8. The predicted octanol–water partition coefficient (Wildman–Crippen LogP) is 16.9. The van der Waals surface area contributed by atoms with E-state index in [0.29, 0.717) is 33.8 Å². The summed E-state index contributed by atoms with van der Waals surface area (Å²) in [4.78, 5) is 4.91. The molecule has 0 unspecified atom stereocenters. The third kappa shape index (κ3) is 6.98. The van der Waals surface area contributed by atoms with E-state index in [9.17, 15) is 5.48 Å². The van der Waals surface area contributed by atoms with Crippen LogP contribution < -0.4 is 9.30 Å². The number of pyridine rings is 1. The molecule has 6 nitrogen and oxygen atoms in total. The number of nitrogens with zero attached hydrogens (tertiary/aromatic N) is 4. The van der Waals surface area contributed by atoms with Gasteiger partial charge >= 0.3 is 0 Å². The standard InChI is InChI=1S/C66H56N4O2/c1-64(2,3)44-33-36-67-59(37-44)70-54-26-15-14-23-49(54)50-30-29-45(39-57(50)70)71-46-38-52-51-31-32-53-60(66(6,7)35-34-65(53,4)5)63(51)72-62(52)58(40-46)68-41-69(56-28-17-16-27-55(56)68)61-47(42-19-10-8-11-20-42)24-18-25-48(61)43-21-12-9-13-22-43/h8-33,36-40H,34-35H2,1-7H3/i8D,9D,10D,11D,12D,13D,19D,20D,21D,22D. The van der Waals surface area contributed by atoms with Gasteiger partial charge in [-0.05, 0) is 105 Å². The van der Waals surface area contributed by atoms with E-state index >= 15 is 0 Å². The lowest BCUT2D eigenvalue weighted by Gasteiger charge is -2.41. The Balaban J connectivity index is 1.10. The summed E-state index contributed by atoms with van der Waals surface area (Å²) in [6.07, 6.45) is 7.41. The first kappa shape index (κ1) is 34.2. The Hall–Kier alpha value is -8.22. The first-order valence-electron chi connectivity index (χ1n) is 29.4. The number of furan rings is 1. The van der Waals surface area contributed by atoms with Gasteiger partial charge < -0.3 is 9.15 Å². The number of imidazole rings is 1. The SMILES string of the molecule is [2H]c1c([2H])c([2H])c(-c2cccc(-c3c([2H])c([2H])c([2H])c([2H])c3[2H])c2-[n+]2[c-]n(-c3cc(Oc4ccc5c6ccccc6n(-c6cc(C(C)(C)C)ccn6)c5c4)cc4c3oc3c5c(ccc34)C(C)(C)CCC5(C)C)c3ccccc32)c([2H])c1[2H]. The van der Waals surface area contributed by atoms with Gasteiger partial charge in [0.2, 0.25) is 0 Å². The Morgan fingerprint density at radius 2 is 1.29 bits per heavy atom. The molecule has 0 fully saturated rings. The van der Waals surface area contributed by atoms with Gasteiger partial charge in [0.15, 0.2) is 0 Å². The first-order chi connectivity index (χ1) is 39.0. The molecule has 0 N–H and O–H groups in total. The molecule has 0 saturated carbocycles. The Bertz CT molecular complexity index is 4590. The van der Waals surface area contributed by atoms with Crippen LogP contribution in [0.2, 0.25) is 0 Å². The summed E-state index contributed by atoms with van der Waals surface area (Å²) in [6, 6.07) is 33.9. The average Bonchev–Trinajstić information content (AvgIpc) is 2.09. The van der Waals surface area contributed by atoms with E-state index < -0.39 is 60.4 Å². The summed E-state index contributed by atoms with van der Waals surface area (Å²) < 4.78 is 109. The van der Waals surface area contributed by atoms with E-state index in [1.807, 2.05) is 71.4 Å². The molecule has 0 bridgehead atoms. The fourth-order valence-electron chi connectivity index (χ4n) is 11.0. The van der Waals surface area contributed by atoms with E-state index in [2.05, 4.69) is 102 Å². The van der Waals surface area contributed by atoms with E-state index in [0.717, 1.165) is 67.9 Å². The number of aromatic nitrogens is 4. The van der Waals surface area contributed by atoms with Crippen LogP contribution >= 0.6 is 0 Å².